The largest absolute Gasteiger partial charge is 0.497 e. The van der Waals surface area contributed by atoms with Gasteiger partial charge >= 0.3 is 0 Å². The van der Waals surface area contributed by atoms with Gasteiger partial charge in [-0.3, -0.25) is 19.7 Å². The number of methoxy groups -OCH3 is 3. The summed E-state index contributed by atoms with van der Waals surface area (Å²) in [6.45, 7) is 0.558. The molecule has 0 unspecified atom stereocenters. The van der Waals surface area contributed by atoms with Gasteiger partial charge in [-0.15, -0.1) is 30.6 Å². The van der Waals surface area contributed by atoms with Gasteiger partial charge < -0.3 is 33.7 Å². The van der Waals surface area contributed by atoms with Crippen molar-refractivity contribution in [3.8, 4) is 68.3 Å². The first-order valence-electron chi connectivity index (χ1n) is 29.6. The van der Waals surface area contributed by atoms with Gasteiger partial charge in [0, 0.05) is 91.8 Å². The van der Waals surface area contributed by atoms with E-state index in [0.717, 1.165) is 83.6 Å². The maximum Gasteiger partial charge on any atom is 0.224 e. The summed E-state index contributed by atoms with van der Waals surface area (Å²) in [5, 5.41) is 47.0. The first-order chi connectivity index (χ1) is 46.9. The summed E-state index contributed by atoms with van der Waals surface area (Å²) < 4.78 is 39.0. The molecule has 0 saturated carbocycles. The fourth-order valence-electron chi connectivity index (χ4n) is 10.6. The maximum atomic E-state index is 11.6. The van der Waals surface area contributed by atoms with E-state index in [9.17, 15) is 4.79 Å². The van der Waals surface area contributed by atoms with Crippen molar-refractivity contribution in [3.63, 3.8) is 0 Å². The lowest BCUT2D eigenvalue weighted by Gasteiger charge is -2.17. The van der Waals surface area contributed by atoms with Crippen LogP contribution in [0.5, 0.6) is 34.5 Å². The molecule has 0 atom stereocenters. The Bertz CT molecular complexity index is 5440. The zero-order valence-electron chi connectivity index (χ0n) is 50.9. The molecule has 9 aromatic heterocycles. The molecule has 10 heterocycles. The molecule has 476 valence electrons. The molecule has 0 bridgehead atoms. The second-order valence-electron chi connectivity index (χ2n) is 21.5. The number of anilines is 1. The fraction of sp³-hybridized carbons (Fsp3) is 0.116. The second kappa shape index (κ2) is 27.3. The molecule has 1 aliphatic rings. The molecule has 0 aliphatic carbocycles. The van der Waals surface area contributed by atoms with Gasteiger partial charge in [0.05, 0.1) is 65.0 Å². The Morgan fingerprint density at radius 2 is 0.823 bits per heavy atom. The molecule has 0 fully saturated rings. The number of aromatic nitrogens is 15. The van der Waals surface area contributed by atoms with Gasteiger partial charge in [0.15, 0.2) is 34.4 Å². The third-order valence-corrected chi connectivity index (χ3v) is 16.6. The Labute approximate surface area is 565 Å². The standard InChI is InChI=1S/C25H20N6O3.2C22H15Cl2N5O2/c1-33-17-4-5-18-21(13-17)26-11-10-22(18)34-14-24-29-28-23-8-7-20(30-31(23)24)16-2-6-19-15(12-16)3-9-25(32)27-19;1-30-14-3-4-15-19(11-14)25-9-8-20(15)31-12-22-27-26-21-7-6-18(28-29(21)22)13-2-5-16(23)17(24)10-13;1-30-16-2-3-17-19(11-16)25-7-6-20(17)31-12-22-27-26-21-5-4-18(28-29(21)22)13-8-14(23)10-15(24)9-13/h2,4-8,10-13H,3,9,14H2,1H3,(H,27,32);2*2-11H,12H2,1H3. The Hall–Kier alpha value is -11.4. The highest BCUT2D eigenvalue weighted by Gasteiger charge is 2.19. The van der Waals surface area contributed by atoms with Crippen molar-refractivity contribution in [2.45, 2.75) is 32.7 Å². The molecule has 1 aliphatic heterocycles. The van der Waals surface area contributed by atoms with E-state index in [0.29, 0.717) is 96.0 Å². The van der Waals surface area contributed by atoms with E-state index in [1.54, 1.807) is 83.8 Å². The van der Waals surface area contributed by atoms with E-state index >= 15 is 0 Å². The summed E-state index contributed by atoms with van der Waals surface area (Å²) in [5.74, 6) is 6.03. The topological polar surface area (TPSA) is 252 Å². The summed E-state index contributed by atoms with van der Waals surface area (Å²) in [6.07, 6.45) is 6.30. The number of halogens is 4. The molecular formula is C69H50Cl4N16O7. The van der Waals surface area contributed by atoms with Crippen molar-refractivity contribution in [3.05, 3.63) is 226 Å². The summed E-state index contributed by atoms with van der Waals surface area (Å²) in [7, 11) is 4.87. The van der Waals surface area contributed by atoms with Crippen LogP contribution in [0.25, 0.3) is 83.4 Å². The average Bonchev–Trinajstić information content (AvgIpc) is 1.59. The lowest BCUT2D eigenvalue weighted by atomic mass is 9.99. The second-order valence-corrected chi connectivity index (χ2v) is 23.2. The molecular weight excluding hydrogens is 1310 g/mol. The van der Waals surface area contributed by atoms with Crippen molar-refractivity contribution in [1.29, 1.82) is 0 Å². The lowest BCUT2D eigenvalue weighted by Crippen LogP contribution is -2.18. The lowest BCUT2D eigenvalue weighted by molar-refractivity contribution is -0.116. The third kappa shape index (κ3) is 13.3. The van der Waals surface area contributed by atoms with E-state index < -0.39 is 0 Å². The molecule has 0 saturated heterocycles. The van der Waals surface area contributed by atoms with Crippen LogP contribution in [-0.2, 0) is 31.0 Å². The molecule has 96 heavy (non-hydrogen) atoms. The van der Waals surface area contributed by atoms with Crippen LogP contribution in [0.3, 0.4) is 0 Å². The third-order valence-electron chi connectivity index (χ3n) is 15.5. The zero-order valence-corrected chi connectivity index (χ0v) is 54.0. The van der Waals surface area contributed by atoms with E-state index in [-0.39, 0.29) is 25.7 Å². The van der Waals surface area contributed by atoms with Crippen LogP contribution in [-0.4, -0.2) is 102 Å². The van der Waals surface area contributed by atoms with Crippen LogP contribution < -0.4 is 33.7 Å². The summed E-state index contributed by atoms with van der Waals surface area (Å²) in [6, 6.07) is 50.2. The Morgan fingerprint density at radius 3 is 1.25 bits per heavy atom. The van der Waals surface area contributed by atoms with Gasteiger partial charge in [0.1, 0.15) is 54.3 Å². The highest BCUT2D eigenvalue weighted by atomic mass is 35.5. The molecule has 27 heteroatoms. The number of aryl methyl sites for hydroxylation is 1. The number of carbonyl (C=O) groups is 1. The van der Waals surface area contributed by atoms with Crippen molar-refractivity contribution >= 4 is 108 Å². The Balaban J connectivity index is 0.000000124. The number of pyridine rings is 3. The number of hydrogen-bond acceptors (Lipinski definition) is 19. The summed E-state index contributed by atoms with van der Waals surface area (Å²) in [4.78, 5) is 24.8. The predicted octanol–water partition coefficient (Wildman–Crippen LogP) is 14.3. The van der Waals surface area contributed by atoms with E-state index in [1.807, 2.05) is 127 Å². The number of nitrogens with zero attached hydrogens (tertiary/aromatic N) is 15. The minimum absolute atomic E-state index is 0.0510. The van der Waals surface area contributed by atoms with Crippen LogP contribution in [0.15, 0.2) is 182 Å². The highest BCUT2D eigenvalue weighted by molar-refractivity contribution is 6.42. The predicted molar refractivity (Wildman–Crippen MR) is 364 cm³/mol. The Kier molecular flexibility index (Phi) is 17.7. The monoisotopic (exact) mass is 1350 g/mol. The molecule has 6 aromatic carbocycles. The smallest absolute Gasteiger partial charge is 0.224 e. The first-order valence-corrected chi connectivity index (χ1v) is 31.1. The number of nitrogens with one attached hydrogen (secondary N) is 1. The number of ether oxygens (including phenoxy) is 6. The number of carbonyl (C=O) groups excluding carboxylic acids is 1. The molecule has 16 rings (SSSR count). The maximum absolute atomic E-state index is 11.6. The molecule has 1 amide bonds. The molecule has 15 aromatic rings. The van der Waals surface area contributed by atoms with Crippen LogP contribution >= 0.6 is 46.4 Å². The number of hydrogen-bond donors (Lipinski definition) is 1. The molecule has 0 radical (unpaired) electrons. The van der Waals surface area contributed by atoms with Crippen LogP contribution in [0.2, 0.25) is 20.1 Å². The van der Waals surface area contributed by atoms with Gasteiger partial charge in [-0.05, 0) is 145 Å². The fourth-order valence-corrected chi connectivity index (χ4v) is 11.4. The van der Waals surface area contributed by atoms with E-state index in [1.165, 1.54) is 0 Å². The quantitative estimate of drug-likeness (QED) is 0.100. The summed E-state index contributed by atoms with van der Waals surface area (Å²) >= 11 is 24.4. The minimum Gasteiger partial charge on any atom is -0.497 e. The van der Waals surface area contributed by atoms with Gasteiger partial charge in [0.2, 0.25) is 5.91 Å². The van der Waals surface area contributed by atoms with Crippen LogP contribution in [0, 0.1) is 0 Å². The molecule has 1 N–H and O–H groups in total. The van der Waals surface area contributed by atoms with E-state index in [2.05, 4.69) is 67.1 Å². The van der Waals surface area contributed by atoms with E-state index in [4.69, 9.17) is 79.9 Å². The van der Waals surface area contributed by atoms with Gasteiger partial charge in [-0.2, -0.15) is 28.8 Å². The Morgan fingerprint density at radius 1 is 0.406 bits per heavy atom. The first kappa shape index (κ1) is 62.1. The van der Waals surface area contributed by atoms with Gasteiger partial charge in [-0.1, -0.05) is 58.5 Å². The average molecular weight is 1360 g/mol. The zero-order chi connectivity index (χ0) is 65.8. The molecule has 23 nitrogen and oxygen atoms in total. The van der Waals surface area contributed by atoms with Crippen LogP contribution in [0.1, 0.15) is 29.5 Å². The van der Waals surface area contributed by atoms with Gasteiger partial charge in [-0.25, -0.2) is 0 Å². The van der Waals surface area contributed by atoms with Crippen molar-refractivity contribution in [2.24, 2.45) is 0 Å². The molecule has 0 spiro atoms. The minimum atomic E-state index is 0.0510. The van der Waals surface area contributed by atoms with Crippen molar-refractivity contribution in [1.82, 2.24) is 74.4 Å². The van der Waals surface area contributed by atoms with Crippen LogP contribution in [0.4, 0.5) is 5.69 Å². The number of fused-ring (bicyclic) bond motifs is 7. The van der Waals surface area contributed by atoms with Crippen molar-refractivity contribution in [2.75, 3.05) is 26.6 Å². The van der Waals surface area contributed by atoms with Crippen molar-refractivity contribution < 1.29 is 33.2 Å². The SMILES string of the molecule is COc1ccc2c(OCc3nnc4ccc(-c5cc(Cl)cc(Cl)c5)nn34)ccnc2c1.COc1ccc2c(OCc3nnc4ccc(-c5ccc(Cl)c(Cl)c5)nn34)ccnc2c1.COc1ccc2c(OCc3nnc4ccc(-c5ccc6c(c5)CCC(=O)N6)nn34)ccnc2c1. The van der Waals surface area contributed by atoms with Gasteiger partial charge in [0.25, 0.3) is 0 Å². The number of benzene rings is 6. The number of rotatable bonds is 15. The summed E-state index contributed by atoms with van der Waals surface area (Å²) in [5.41, 5.74) is 11.0. The highest BCUT2D eigenvalue weighted by Crippen LogP contribution is 2.34. The normalized spacial score (nSPS) is 11.8. The number of amides is 1.